The van der Waals surface area contributed by atoms with Crippen molar-refractivity contribution >= 4 is 21.8 Å². The highest BCUT2D eigenvalue weighted by molar-refractivity contribution is 7.89. The van der Waals surface area contributed by atoms with Gasteiger partial charge in [-0.2, -0.15) is 4.31 Å². The van der Waals surface area contributed by atoms with E-state index in [1.54, 1.807) is 19.9 Å². The minimum absolute atomic E-state index is 0.0501. The molecule has 1 aromatic rings. The van der Waals surface area contributed by atoms with E-state index < -0.39 is 21.6 Å². The third kappa shape index (κ3) is 4.51. The lowest BCUT2D eigenvalue weighted by atomic mass is 9.92. The normalized spacial score (nSPS) is 24.0. The Morgan fingerprint density at radius 3 is 2.48 bits per heavy atom. The number of fused-ring (bicyclic) bond motifs is 1. The molecule has 0 aromatic heterocycles. The fourth-order valence-corrected chi connectivity index (χ4v) is 6.66. The molecule has 2 N–H and O–H groups in total. The maximum Gasteiger partial charge on any atom is 0.244 e. The smallest absolute Gasteiger partial charge is 0.244 e. The standard InChI is InChI=1S/C23H33N3O4S/c1-16(2)21(27)24-20-14-26(15-23(25-22(20)28)11-5-6-12-23)31(29,30)19-10-9-17-7-3-4-8-18(17)13-19/h9-10,13,16,20H,3-8,11-12,14-15H2,1-2H3,(H,24,27)(H,25,28). The zero-order valence-electron chi connectivity index (χ0n) is 18.4. The van der Waals surface area contributed by atoms with Crippen LogP contribution in [0, 0.1) is 5.92 Å². The highest BCUT2D eigenvalue weighted by Crippen LogP contribution is 2.34. The molecule has 1 aromatic carbocycles. The van der Waals surface area contributed by atoms with Gasteiger partial charge >= 0.3 is 0 Å². The molecule has 0 radical (unpaired) electrons. The summed E-state index contributed by atoms with van der Waals surface area (Å²) in [6.07, 6.45) is 7.51. The van der Waals surface area contributed by atoms with E-state index in [4.69, 9.17) is 0 Å². The van der Waals surface area contributed by atoms with Gasteiger partial charge in [-0.25, -0.2) is 8.42 Å². The molecule has 7 nitrogen and oxygen atoms in total. The molecule has 1 saturated heterocycles. The number of carbonyl (C=O) groups excluding carboxylic acids is 2. The summed E-state index contributed by atoms with van der Waals surface area (Å²) in [5.41, 5.74) is 1.78. The van der Waals surface area contributed by atoms with Crippen LogP contribution in [0.15, 0.2) is 23.1 Å². The van der Waals surface area contributed by atoms with Crippen molar-refractivity contribution in [1.29, 1.82) is 0 Å². The Balaban J connectivity index is 1.67. The van der Waals surface area contributed by atoms with Gasteiger partial charge in [0.25, 0.3) is 0 Å². The molecule has 0 bridgehead atoms. The van der Waals surface area contributed by atoms with Crippen LogP contribution in [0.25, 0.3) is 0 Å². The quantitative estimate of drug-likeness (QED) is 0.739. The van der Waals surface area contributed by atoms with Crippen molar-refractivity contribution in [2.45, 2.75) is 81.7 Å². The van der Waals surface area contributed by atoms with Gasteiger partial charge in [0.1, 0.15) is 6.04 Å². The van der Waals surface area contributed by atoms with Crippen LogP contribution in [0.1, 0.15) is 63.5 Å². The van der Waals surface area contributed by atoms with Crippen molar-refractivity contribution in [3.63, 3.8) is 0 Å². The van der Waals surface area contributed by atoms with E-state index in [1.165, 1.54) is 9.87 Å². The Bertz CT molecular complexity index is 967. The monoisotopic (exact) mass is 447 g/mol. The molecule has 170 valence electrons. The van der Waals surface area contributed by atoms with Crippen LogP contribution in [0.3, 0.4) is 0 Å². The van der Waals surface area contributed by atoms with Crippen LogP contribution >= 0.6 is 0 Å². The minimum atomic E-state index is -3.80. The van der Waals surface area contributed by atoms with E-state index in [-0.39, 0.29) is 35.7 Å². The average molecular weight is 448 g/mol. The fraction of sp³-hybridized carbons (Fsp3) is 0.652. The minimum Gasteiger partial charge on any atom is -0.348 e. The van der Waals surface area contributed by atoms with Crippen LogP contribution in [-0.2, 0) is 32.5 Å². The van der Waals surface area contributed by atoms with Gasteiger partial charge in [0, 0.05) is 19.0 Å². The highest BCUT2D eigenvalue weighted by Gasteiger charge is 2.45. The summed E-state index contributed by atoms with van der Waals surface area (Å²) in [6, 6.07) is 4.55. The summed E-state index contributed by atoms with van der Waals surface area (Å²) >= 11 is 0. The van der Waals surface area contributed by atoms with Gasteiger partial charge in [0.2, 0.25) is 21.8 Å². The number of hydrogen-bond donors (Lipinski definition) is 2. The molecule has 1 spiro atoms. The lowest BCUT2D eigenvalue weighted by Crippen LogP contribution is -2.54. The van der Waals surface area contributed by atoms with E-state index in [0.29, 0.717) is 0 Å². The van der Waals surface area contributed by atoms with E-state index in [1.807, 2.05) is 12.1 Å². The molecule has 31 heavy (non-hydrogen) atoms. The van der Waals surface area contributed by atoms with Gasteiger partial charge in [-0.05, 0) is 61.8 Å². The summed E-state index contributed by atoms with van der Waals surface area (Å²) in [5.74, 6) is -0.838. The molecule has 2 aliphatic carbocycles. The van der Waals surface area contributed by atoms with Gasteiger partial charge in [-0.1, -0.05) is 32.8 Å². The Kier molecular flexibility index (Phi) is 6.14. The maximum atomic E-state index is 13.7. The first kappa shape index (κ1) is 22.3. The molecule has 3 aliphatic rings. The van der Waals surface area contributed by atoms with Crippen molar-refractivity contribution in [3.8, 4) is 0 Å². The van der Waals surface area contributed by atoms with E-state index in [2.05, 4.69) is 10.6 Å². The summed E-state index contributed by atoms with van der Waals surface area (Å²) in [7, 11) is -3.80. The highest BCUT2D eigenvalue weighted by atomic mass is 32.2. The lowest BCUT2D eigenvalue weighted by molar-refractivity contribution is -0.131. The topological polar surface area (TPSA) is 95.6 Å². The van der Waals surface area contributed by atoms with E-state index in [0.717, 1.165) is 56.9 Å². The Hall–Kier alpha value is -1.93. The molecule has 1 heterocycles. The predicted molar refractivity (Wildman–Crippen MR) is 118 cm³/mol. The van der Waals surface area contributed by atoms with Crippen molar-refractivity contribution in [2.75, 3.05) is 13.1 Å². The number of sulfonamides is 1. The number of nitrogens with zero attached hydrogens (tertiary/aromatic N) is 1. The molecule has 2 amide bonds. The molecule has 1 aliphatic heterocycles. The number of aryl methyl sites for hydroxylation is 2. The Morgan fingerprint density at radius 1 is 1.13 bits per heavy atom. The van der Waals surface area contributed by atoms with Crippen LogP contribution in [0.5, 0.6) is 0 Å². The molecule has 8 heteroatoms. The predicted octanol–water partition coefficient (Wildman–Crippen LogP) is 2.14. The Morgan fingerprint density at radius 2 is 1.81 bits per heavy atom. The lowest BCUT2D eigenvalue weighted by Gasteiger charge is -2.32. The second-order valence-corrected chi connectivity index (χ2v) is 11.6. The van der Waals surface area contributed by atoms with E-state index in [9.17, 15) is 18.0 Å². The van der Waals surface area contributed by atoms with Crippen molar-refractivity contribution in [2.24, 2.45) is 5.92 Å². The molecule has 1 atom stereocenters. The molecule has 1 saturated carbocycles. The van der Waals surface area contributed by atoms with Crippen molar-refractivity contribution in [3.05, 3.63) is 29.3 Å². The molecular formula is C23H33N3O4S. The van der Waals surface area contributed by atoms with Gasteiger partial charge in [-0.15, -0.1) is 0 Å². The first-order chi connectivity index (χ1) is 14.7. The summed E-state index contributed by atoms with van der Waals surface area (Å²) in [5, 5.41) is 5.85. The van der Waals surface area contributed by atoms with Gasteiger partial charge in [-0.3, -0.25) is 9.59 Å². The number of amides is 2. The van der Waals surface area contributed by atoms with Crippen molar-refractivity contribution in [1.82, 2.24) is 14.9 Å². The fourth-order valence-electron chi connectivity index (χ4n) is 5.06. The van der Waals surface area contributed by atoms with Crippen LogP contribution in [0.4, 0.5) is 0 Å². The zero-order chi connectivity index (χ0) is 22.2. The number of benzene rings is 1. The number of hydrogen-bond acceptors (Lipinski definition) is 4. The van der Waals surface area contributed by atoms with Crippen LogP contribution in [0.2, 0.25) is 0 Å². The van der Waals surface area contributed by atoms with Gasteiger partial charge in [0.05, 0.1) is 10.4 Å². The second kappa shape index (κ2) is 8.54. The number of rotatable bonds is 4. The number of carbonyl (C=O) groups is 2. The molecule has 1 unspecified atom stereocenters. The van der Waals surface area contributed by atoms with Gasteiger partial charge in [0.15, 0.2) is 0 Å². The van der Waals surface area contributed by atoms with E-state index >= 15 is 0 Å². The van der Waals surface area contributed by atoms with Crippen LogP contribution in [-0.4, -0.2) is 49.2 Å². The second-order valence-electron chi connectivity index (χ2n) is 9.63. The zero-order valence-corrected chi connectivity index (χ0v) is 19.3. The van der Waals surface area contributed by atoms with Crippen LogP contribution < -0.4 is 10.6 Å². The molecular weight excluding hydrogens is 414 g/mol. The van der Waals surface area contributed by atoms with Gasteiger partial charge < -0.3 is 10.6 Å². The largest absolute Gasteiger partial charge is 0.348 e. The van der Waals surface area contributed by atoms with Crippen molar-refractivity contribution < 1.29 is 18.0 Å². The third-order valence-corrected chi connectivity index (χ3v) is 8.74. The summed E-state index contributed by atoms with van der Waals surface area (Å²) in [6.45, 7) is 3.70. The maximum absolute atomic E-state index is 13.7. The summed E-state index contributed by atoms with van der Waals surface area (Å²) in [4.78, 5) is 25.6. The Labute approximate surface area is 185 Å². The molecule has 2 fully saturated rings. The molecule has 4 rings (SSSR count). The summed E-state index contributed by atoms with van der Waals surface area (Å²) < 4.78 is 28.8. The third-order valence-electron chi connectivity index (χ3n) is 6.93. The first-order valence-corrected chi connectivity index (χ1v) is 12.9. The first-order valence-electron chi connectivity index (χ1n) is 11.4. The average Bonchev–Trinajstić information content (AvgIpc) is 3.14. The number of nitrogens with one attached hydrogen (secondary N) is 2. The SMILES string of the molecule is CC(C)C(=O)NC1CN(S(=O)(=O)c2ccc3c(c2)CCCC3)CC2(CCCC2)NC1=O.